The minimum atomic E-state index is -0.999. The molecule has 7 heteroatoms. The predicted octanol–water partition coefficient (Wildman–Crippen LogP) is 2.92. The molecule has 0 saturated carbocycles. The van der Waals surface area contributed by atoms with Crippen LogP contribution in [0.1, 0.15) is 17.3 Å². The van der Waals surface area contributed by atoms with E-state index in [9.17, 15) is 9.59 Å². The first-order chi connectivity index (χ1) is 10.5. The van der Waals surface area contributed by atoms with Crippen molar-refractivity contribution in [2.45, 2.75) is 22.9 Å². The zero-order valence-corrected chi connectivity index (χ0v) is 13.2. The normalized spacial score (nSPS) is 11.7. The van der Waals surface area contributed by atoms with Crippen LogP contribution < -0.4 is 5.73 Å². The lowest BCUT2D eigenvalue weighted by molar-refractivity contribution is -0.125. The maximum absolute atomic E-state index is 12.1. The summed E-state index contributed by atoms with van der Waals surface area (Å²) in [5.74, 6) is -1.35. The second-order valence-corrected chi connectivity index (χ2v) is 5.86. The molecule has 2 N–H and O–H groups in total. The fraction of sp³-hybridized carbons (Fsp3) is 0.133. The van der Waals surface area contributed by atoms with Crippen molar-refractivity contribution >= 4 is 35.2 Å². The third-order valence-electron chi connectivity index (χ3n) is 2.70. The number of carbonyl (C=O) groups excluding carboxylic acids is 2. The molecular weight excluding hydrogens is 324 g/mol. The lowest BCUT2D eigenvalue weighted by atomic mass is 10.3. The quantitative estimate of drug-likeness (QED) is 0.849. The molecule has 0 radical (unpaired) electrons. The highest BCUT2D eigenvalue weighted by molar-refractivity contribution is 7.99. The van der Waals surface area contributed by atoms with Crippen LogP contribution in [0.2, 0.25) is 5.02 Å². The van der Waals surface area contributed by atoms with Gasteiger partial charge in [-0.1, -0.05) is 23.4 Å². The van der Waals surface area contributed by atoms with Crippen LogP contribution in [0.15, 0.2) is 52.5 Å². The second kappa shape index (κ2) is 7.29. The minimum absolute atomic E-state index is 0.274. The molecule has 1 aromatic carbocycles. The molecule has 0 fully saturated rings. The van der Waals surface area contributed by atoms with Crippen LogP contribution in [0.3, 0.4) is 0 Å². The van der Waals surface area contributed by atoms with Crippen LogP contribution in [-0.2, 0) is 9.53 Å². The van der Waals surface area contributed by atoms with Gasteiger partial charge in [-0.25, -0.2) is 9.78 Å². The summed E-state index contributed by atoms with van der Waals surface area (Å²) >= 11 is 7.14. The summed E-state index contributed by atoms with van der Waals surface area (Å²) < 4.78 is 5.01. The molecule has 0 spiro atoms. The molecule has 0 aliphatic carbocycles. The number of amides is 1. The lowest BCUT2D eigenvalue weighted by Gasteiger charge is -2.11. The molecule has 0 bridgehead atoms. The molecule has 0 saturated heterocycles. The van der Waals surface area contributed by atoms with Crippen LogP contribution >= 0.6 is 23.4 Å². The van der Waals surface area contributed by atoms with Crippen LogP contribution in [-0.4, -0.2) is 23.0 Å². The first-order valence-electron chi connectivity index (χ1n) is 6.36. The number of ether oxygens (including phenoxy) is 1. The van der Waals surface area contributed by atoms with Crippen molar-refractivity contribution in [1.82, 2.24) is 4.98 Å². The van der Waals surface area contributed by atoms with Gasteiger partial charge in [0, 0.05) is 16.1 Å². The van der Waals surface area contributed by atoms with Gasteiger partial charge in [-0.15, -0.1) is 0 Å². The fourth-order valence-electron chi connectivity index (χ4n) is 1.52. The molecule has 1 heterocycles. The first-order valence-corrected chi connectivity index (χ1v) is 7.55. The fourth-order valence-corrected chi connectivity index (χ4v) is 2.52. The predicted molar refractivity (Wildman–Crippen MR) is 83.9 cm³/mol. The standard InChI is InChI=1S/C15H13ClN2O3S/c1-9(13(17)19)21-15(20)12-3-2-8-18-14(12)22-11-6-4-10(16)5-7-11/h2-9H,1H3,(H2,17,19)/t9-/m1/s1. The summed E-state index contributed by atoms with van der Waals surface area (Å²) in [7, 11) is 0. The van der Waals surface area contributed by atoms with E-state index in [0.717, 1.165) is 4.90 Å². The van der Waals surface area contributed by atoms with Gasteiger partial charge in [-0.2, -0.15) is 0 Å². The molecule has 114 valence electrons. The van der Waals surface area contributed by atoms with Gasteiger partial charge in [0.1, 0.15) is 5.03 Å². The van der Waals surface area contributed by atoms with Gasteiger partial charge in [-0.05, 0) is 43.3 Å². The number of aromatic nitrogens is 1. The highest BCUT2D eigenvalue weighted by Crippen LogP contribution is 2.29. The van der Waals surface area contributed by atoms with Gasteiger partial charge in [0.2, 0.25) is 0 Å². The van der Waals surface area contributed by atoms with Gasteiger partial charge < -0.3 is 10.5 Å². The number of esters is 1. The average Bonchev–Trinajstić information content (AvgIpc) is 2.50. The summed E-state index contributed by atoms with van der Waals surface area (Å²) in [6.07, 6.45) is 0.577. The minimum Gasteiger partial charge on any atom is -0.449 e. The van der Waals surface area contributed by atoms with Crippen LogP contribution in [0.4, 0.5) is 0 Å². The highest BCUT2D eigenvalue weighted by atomic mass is 35.5. The van der Waals surface area contributed by atoms with Crippen molar-refractivity contribution in [1.29, 1.82) is 0 Å². The average molecular weight is 337 g/mol. The number of rotatable bonds is 5. The Morgan fingerprint density at radius 3 is 2.59 bits per heavy atom. The summed E-state index contributed by atoms with van der Waals surface area (Å²) in [4.78, 5) is 28.2. The molecule has 1 atom stereocenters. The van der Waals surface area contributed by atoms with E-state index in [2.05, 4.69) is 4.98 Å². The van der Waals surface area contributed by atoms with E-state index in [-0.39, 0.29) is 5.56 Å². The van der Waals surface area contributed by atoms with E-state index in [0.29, 0.717) is 10.0 Å². The number of hydrogen-bond acceptors (Lipinski definition) is 5. The monoisotopic (exact) mass is 336 g/mol. The van der Waals surface area contributed by atoms with Crippen LogP contribution in [0.25, 0.3) is 0 Å². The SMILES string of the molecule is C[C@@H](OC(=O)c1cccnc1Sc1ccc(Cl)cc1)C(N)=O. The molecule has 2 rings (SSSR count). The Labute approximate surface area is 136 Å². The van der Waals surface area contributed by atoms with Crippen LogP contribution in [0.5, 0.6) is 0 Å². The topological polar surface area (TPSA) is 82.3 Å². The molecule has 0 aliphatic rings. The highest BCUT2D eigenvalue weighted by Gasteiger charge is 2.19. The van der Waals surface area contributed by atoms with E-state index in [1.165, 1.54) is 18.7 Å². The van der Waals surface area contributed by atoms with Gasteiger partial charge in [0.05, 0.1) is 5.56 Å². The molecule has 5 nitrogen and oxygen atoms in total. The second-order valence-electron chi connectivity index (χ2n) is 4.36. The Morgan fingerprint density at radius 1 is 1.27 bits per heavy atom. The van der Waals surface area contributed by atoms with E-state index in [1.54, 1.807) is 30.5 Å². The van der Waals surface area contributed by atoms with E-state index < -0.39 is 18.0 Å². The number of primary amides is 1. The van der Waals surface area contributed by atoms with Gasteiger partial charge in [-0.3, -0.25) is 4.79 Å². The van der Waals surface area contributed by atoms with Gasteiger partial charge in [0.25, 0.3) is 5.91 Å². The maximum atomic E-state index is 12.1. The lowest BCUT2D eigenvalue weighted by Crippen LogP contribution is -2.30. The molecule has 22 heavy (non-hydrogen) atoms. The Bertz CT molecular complexity index is 691. The number of benzene rings is 1. The van der Waals surface area contributed by atoms with Crippen molar-refractivity contribution < 1.29 is 14.3 Å². The van der Waals surface area contributed by atoms with Gasteiger partial charge in [0.15, 0.2) is 6.10 Å². The largest absolute Gasteiger partial charge is 0.449 e. The Hall–Kier alpha value is -2.05. The first kappa shape index (κ1) is 16.3. The number of carbonyl (C=O) groups is 2. The van der Waals surface area contributed by atoms with E-state index >= 15 is 0 Å². The van der Waals surface area contributed by atoms with Crippen molar-refractivity contribution in [3.8, 4) is 0 Å². The summed E-state index contributed by atoms with van der Waals surface area (Å²) in [5, 5.41) is 1.10. The molecule has 2 aromatic rings. The zero-order valence-electron chi connectivity index (χ0n) is 11.7. The molecule has 0 aliphatic heterocycles. The molecule has 0 unspecified atom stereocenters. The molecular formula is C15H13ClN2O3S. The van der Waals surface area contributed by atoms with Crippen molar-refractivity contribution in [2.24, 2.45) is 5.73 Å². The van der Waals surface area contributed by atoms with Crippen molar-refractivity contribution in [3.63, 3.8) is 0 Å². The van der Waals surface area contributed by atoms with Crippen molar-refractivity contribution in [3.05, 3.63) is 53.2 Å². The van der Waals surface area contributed by atoms with Gasteiger partial charge >= 0.3 is 5.97 Å². The Balaban J connectivity index is 2.21. The van der Waals surface area contributed by atoms with Crippen LogP contribution in [0, 0.1) is 0 Å². The van der Waals surface area contributed by atoms with Crippen molar-refractivity contribution in [2.75, 3.05) is 0 Å². The summed E-state index contributed by atoms with van der Waals surface area (Å²) in [6, 6.07) is 10.4. The summed E-state index contributed by atoms with van der Waals surface area (Å²) in [5.41, 5.74) is 5.36. The number of nitrogens with two attached hydrogens (primary N) is 1. The number of hydrogen-bond donors (Lipinski definition) is 1. The van der Waals surface area contributed by atoms with E-state index in [1.807, 2.05) is 12.1 Å². The maximum Gasteiger partial charge on any atom is 0.341 e. The third kappa shape index (κ3) is 4.22. The smallest absolute Gasteiger partial charge is 0.341 e. The Morgan fingerprint density at radius 2 is 1.95 bits per heavy atom. The zero-order chi connectivity index (χ0) is 16.1. The number of pyridine rings is 1. The van der Waals surface area contributed by atoms with E-state index in [4.69, 9.17) is 22.1 Å². The molecule has 1 amide bonds. The third-order valence-corrected chi connectivity index (χ3v) is 3.98. The number of halogens is 1. The Kier molecular flexibility index (Phi) is 5.41. The number of nitrogens with zero attached hydrogens (tertiary/aromatic N) is 1. The molecule has 1 aromatic heterocycles. The summed E-state index contributed by atoms with van der Waals surface area (Å²) in [6.45, 7) is 1.42.